The Bertz CT molecular complexity index is 618. The molecule has 3 heterocycles. The number of hydrogen-bond donors (Lipinski definition) is 0. The molecular formula is C19H24N2O3. The van der Waals surface area contributed by atoms with Crippen LogP contribution in [0.4, 0.5) is 0 Å². The molecule has 5 heteroatoms. The fraction of sp³-hybridized carbons (Fsp3) is 0.579. The zero-order chi connectivity index (χ0) is 16.5. The standard InChI is InChI=1S/C19H24N2O3/c22-18-8-4-7-17-15-9-14(11-21(17)18)10-20(12-15)19(23)13-24-16-5-2-1-3-6-16/h1-3,5-6,14-15,17H,4,7-13H2/t14?,15?,17-/m1/s1. The summed E-state index contributed by atoms with van der Waals surface area (Å²) in [4.78, 5) is 28.8. The van der Waals surface area contributed by atoms with Gasteiger partial charge in [-0.15, -0.1) is 0 Å². The third-order valence-corrected chi connectivity index (χ3v) is 5.64. The molecule has 2 unspecified atom stereocenters. The van der Waals surface area contributed by atoms with Crippen molar-refractivity contribution in [2.45, 2.75) is 31.7 Å². The lowest BCUT2D eigenvalue weighted by molar-refractivity contribution is -0.149. The summed E-state index contributed by atoms with van der Waals surface area (Å²) in [7, 11) is 0. The molecule has 0 saturated carbocycles. The second-order valence-electron chi connectivity index (χ2n) is 7.27. The number of carbonyl (C=O) groups is 2. The van der Waals surface area contributed by atoms with E-state index in [1.807, 2.05) is 35.2 Å². The summed E-state index contributed by atoms with van der Waals surface area (Å²) in [5, 5.41) is 0. The van der Waals surface area contributed by atoms with Crippen LogP contribution in [-0.2, 0) is 9.59 Å². The monoisotopic (exact) mass is 328 g/mol. The number of carbonyl (C=O) groups excluding carboxylic acids is 2. The largest absolute Gasteiger partial charge is 0.484 e. The van der Waals surface area contributed by atoms with Gasteiger partial charge in [-0.1, -0.05) is 18.2 Å². The molecule has 2 bridgehead atoms. The van der Waals surface area contributed by atoms with Crippen molar-refractivity contribution in [2.75, 3.05) is 26.2 Å². The zero-order valence-corrected chi connectivity index (χ0v) is 13.9. The Kier molecular flexibility index (Phi) is 4.17. The first-order chi connectivity index (χ1) is 11.7. The Morgan fingerprint density at radius 2 is 2.00 bits per heavy atom. The van der Waals surface area contributed by atoms with E-state index in [-0.39, 0.29) is 12.5 Å². The summed E-state index contributed by atoms with van der Waals surface area (Å²) in [6.45, 7) is 2.44. The highest BCUT2D eigenvalue weighted by atomic mass is 16.5. The molecule has 0 aromatic heterocycles. The van der Waals surface area contributed by atoms with E-state index in [4.69, 9.17) is 4.74 Å². The van der Waals surface area contributed by atoms with E-state index in [9.17, 15) is 9.59 Å². The van der Waals surface area contributed by atoms with Gasteiger partial charge in [-0.25, -0.2) is 0 Å². The number of piperidine rings is 3. The van der Waals surface area contributed by atoms with E-state index in [0.717, 1.165) is 44.6 Å². The van der Waals surface area contributed by atoms with E-state index < -0.39 is 0 Å². The van der Waals surface area contributed by atoms with Gasteiger partial charge in [-0.2, -0.15) is 0 Å². The van der Waals surface area contributed by atoms with Gasteiger partial charge in [0.2, 0.25) is 5.91 Å². The van der Waals surface area contributed by atoms with Crippen molar-refractivity contribution in [1.29, 1.82) is 0 Å². The van der Waals surface area contributed by atoms with Crippen LogP contribution < -0.4 is 4.74 Å². The van der Waals surface area contributed by atoms with Crippen LogP contribution in [0.15, 0.2) is 30.3 Å². The van der Waals surface area contributed by atoms with Crippen molar-refractivity contribution >= 4 is 11.8 Å². The van der Waals surface area contributed by atoms with E-state index >= 15 is 0 Å². The lowest BCUT2D eigenvalue weighted by Gasteiger charge is -2.52. The summed E-state index contributed by atoms with van der Waals surface area (Å²) in [6, 6.07) is 9.80. The third-order valence-electron chi connectivity index (χ3n) is 5.64. The molecule has 3 aliphatic heterocycles. The van der Waals surface area contributed by atoms with Gasteiger partial charge in [0.05, 0.1) is 0 Å². The first-order valence-electron chi connectivity index (χ1n) is 8.96. The molecule has 0 N–H and O–H groups in total. The number of nitrogens with zero attached hydrogens (tertiary/aromatic N) is 2. The maximum atomic E-state index is 12.5. The van der Waals surface area contributed by atoms with Crippen molar-refractivity contribution in [3.63, 3.8) is 0 Å². The molecule has 1 aromatic carbocycles. The smallest absolute Gasteiger partial charge is 0.260 e. The number of benzene rings is 1. The number of ether oxygens (including phenoxy) is 1. The highest BCUT2D eigenvalue weighted by molar-refractivity contribution is 5.79. The van der Waals surface area contributed by atoms with Crippen molar-refractivity contribution in [2.24, 2.45) is 11.8 Å². The quantitative estimate of drug-likeness (QED) is 0.852. The van der Waals surface area contributed by atoms with Crippen LogP contribution in [0, 0.1) is 11.8 Å². The van der Waals surface area contributed by atoms with Crippen molar-refractivity contribution in [1.82, 2.24) is 9.80 Å². The van der Waals surface area contributed by atoms with Gasteiger partial charge in [0, 0.05) is 32.1 Å². The van der Waals surface area contributed by atoms with Crippen LogP contribution in [0.1, 0.15) is 25.7 Å². The predicted octanol–water partition coefficient (Wildman–Crippen LogP) is 1.92. The Labute approximate surface area is 142 Å². The molecule has 3 aliphatic rings. The van der Waals surface area contributed by atoms with Gasteiger partial charge >= 0.3 is 0 Å². The minimum atomic E-state index is 0.0594. The second kappa shape index (κ2) is 6.46. The fourth-order valence-electron chi connectivity index (χ4n) is 4.57. The van der Waals surface area contributed by atoms with Crippen molar-refractivity contribution in [3.05, 3.63) is 30.3 Å². The van der Waals surface area contributed by atoms with Gasteiger partial charge in [0.1, 0.15) is 5.75 Å². The molecule has 1 aromatic rings. The fourth-order valence-corrected chi connectivity index (χ4v) is 4.57. The molecule has 0 aliphatic carbocycles. The van der Waals surface area contributed by atoms with Crippen LogP contribution in [0.3, 0.4) is 0 Å². The van der Waals surface area contributed by atoms with E-state index in [2.05, 4.69) is 4.90 Å². The topological polar surface area (TPSA) is 49.9 Å². The summed E-state index contributed by atoms with van der Waals surface area (Å²) in [6.07, 6.45) is 3.93. The van der Waals surface area contributed by atoms with Crippen LogP contribution >= 0.6 is 0 Å². The minimum absolute atomic E-state index is 0.0594. The van der Waals surface area contributed by atoms with Gasteiger partial charge < -0.3 is 14.5 Å². The second-order valence-corrected chi connectivity index (χ2v) is 7.27. The number of hydrogen-bond acceptors (Lipinski definition) is 3. The molecule has 3 fully saturated rings. The molecule has 0 radical (unpaired) electrons. The van der Waals surface area contributed by atoms with E-state index in [0.29, 0.717) is 30.2 Å². The van der Waals surface area contributed by atoms with Crippen LogP contribution in [-0.4, -0.2) is 53.9 Å². The number of para-hydroxylation sites is 1. The molecule has 3 saturated heterocycles. The number of rotatable bonds is 3. The number of likely N-dealkylation sites (tertiary alicyclic amines) is 1. The van der Waals surface area contributed by atoms with Crippen molar-refractivity contribution in [3.8, 4) is 5.75 Å². The Morgan fingerprint density at radius 3 is 2.83 bits per heavy atom. The lowest BCUT2D eigenvalue weighted by atomic mass is 9.76. The predicted molar refractivity (Wildman–Crippen MR) is 89.5 cm³/mol. The highest BCUT2D eigenvalue weighted by Gasteiger charge is 2.44. The molecule has 2 amide bonds. The number of amides is 2. The third kappa shape index (κ3) is 2.99. The van der Waals surface area contributed by atoms with Crippen LogP contribution in [0.25, 0.3) is 0 Å². The zero-order valence-electron chi connectivity index (χ0n) is 13.9. The molecular weight excluding hydrogens is 304 g/mol. The summed E-state index contributed by atoms with van der Waals surface area (Å²) in [5.41, 5.74) is 0. The minimum Gasteiger partial charge on any atom is -0.484 e. The first-order valence-corrected chi connectivity index (χ1v) is 8.96. The molecule has 4 rings (SSSR count). The van der Waals surface area contributed by atoms with Crippen molar-refractivity contribution < 1.29 is 14.3 Å². The summed E-state index contributed by atoms with van der Waals surface area (Å²) >= 11 is 0. The summed E-state index contributed by atoms with van der Waals surface area (Å²) < 4.78 is 5.61. The van der Waals surface area contributed by atoms with Gasteiger partial charge in [-0.05, 0) is 43.2 Å². The lowest BCUT2D eigenvalue weighted by Crippen LogP contribution is -2.61. The number of fused-ring (bicyclic) bond motifs is 4. The summed E-state index contributed by atoms with van der Waals surface area (Å²) in [5.74, 6) is 1.95. The molecule has 24 heavy (non-hydrogen) atoms. The molecule has 5 nitrogen and oxygen atoms in total. The molecule has 0 spiro atoms. The molecule has 128 valence electrons. The van der Waals surface area contributed by atoms with Crippen LogP contribution in [0.2, 0.25) is 0 Å². The Hall–Kier alpha value is -2.04. The van der Waals surface area contributed by atoms with Gasteiger partial charge in [0.15, 0.2) is 6.61 Å². The van der Waals surface area contributed by atoms with Gasteiger partial charge in [0.25, 0.3) is 5.91 Å². The van der Waals surface area contributed by atoms with E-state index in [1.165, 1.54) is 0 Å². The average Bonchev–Trinajstić information content (AvgIpc) is 2.61. The first kappa shape index (κ1) is 15.5. The normalized spacial score (nSPS) is 29.2. The Balaban J connectivity index is 1.38. The van der Waals surface area contributed by atoms with Crippen LogP contribution in [0.5, 0.6) is 5.75 Å². The molecule has 3 atom stereocenters. The maximum absolute atomic E-state index is 12.5. The SMILES string of the molecule is O=C(COc1ccccc1)N1CC2CC(C1)[C@H]1CCCC(=O)N1C2. The highest BCUT2D eigenvalue weighted by Crippen LogP contribution is 2.37. The Morgan fingerprint density at radius 1 is 1.17 bits per heavy atom. The maximum Gasteiger partial charge on any atom is 0.260 e. The van der Waals surface area contributed by atoms with Gasteiger partial charge in [-0.3, -0.25) is 9.59 Å². The average molecular weight is 328 g/mol. The van der Waals surface area contributed by atoms with E-state index in [1.54, 1.807) is 0 Å².